The highest BCUT2D eigenvalue weighted by atomic mass is 16.3. The van der Waals surface area contributed by atoms with Crippen LogP contribution in [-0.4, -0.2) is 34.1 Å². The fourth-order valence-electron chi connectivity index (χ4n) is 4.23. The van der Waals surface area contributed by atoms with Gasteiger partial charge < -0.3 is 15.3 Å². The first-order valence-corrected chi connectivity index (χ1v) is 7.46. The third-order valence-electron chi connectivity index (χ3n) is 5.33. The first kappa shape index (κ1) is 15.5. The normalized spacial score (nSPS) is 46.0. The van der Waals surface area contributed by atoms with Crippen molar-refractivity contribution >= 4 is 0 Å². The molecule has 0 aromatic rings. The molecule has 20 heavy (non-hydrogen) atoms. The van der Waals surface area contributed by atoms with Crippen LogP contribution < -0.4 is 0 Å². The molecule has 4 heteroatoms. The van der Waals surface area contributed by atoms with Gasteiger partial charge >= 0.3 is 0 Å². The summed E-state index contributed by atoms with van der Waals surface area (Å²) in [6.45, 7) is 5.94. The summed E-state index contributed by atoms with van der Waals surface area (Å²) in [4.78, 5) is 0. The van der Waals surface area contributed by atoms with Crippen molar-refractivity contribution in [2.45, 2.75) is 45.8 Å². The van der Waals surface area contributed by atoms with Gasteiger partial charge in [0.15, 0.2) is 0 Å². The van der Waals surface area contributed by atoms with Gasteiger partial charge in [-0.1, -0.05) is 26.8 Å². The molecule has 112 valence electrons. The molecule has 1 fully saturated rings. The van der Waals surface area contributed by atoms with Crippen molar-refractivity contribution in [3.8, 4) is 6.07 Å². The molecule has 0 amide bonds. The van der Waals surface area contributed by atoms with Crippen LogP contribution in [0.1, 0.15) is 33.6 Å². The van der Waals surface area contributed by atoms with E-state index in [0.29, 0.717) is 18.4 Å². The van der Waals surface area contributed by atoms with Crippen LogP contribution in [0.4, 0.5) is 0 Å². The maximum Gasteiger partial charge on any atom is 0.0814 e. The number of hydrogen-bond acceptors (Lipinski definition) is 4. The standard InChI is InChI=1S/C16H25NO3/c1-9-5-16(8-17)6-10(2)14(11(3)7-18)15(20)12(16)4-13(9)19/h4,9-11,13-15,18-20H,5-7H2,1-3H3/t9-,10+,11-,13-,14+,15+,16+/m1/s1. The minimum atomic E-state index is -0.748. The molecule has 0 bridgehead atoms. The smallest absolute Gasteiger partial charge is 0.0814 e. The van der Waals surface area contributed by atoms with Crippen molar-refractivity contribution in [2.24, 2.45) is 29.1 Å². The van der Waals surface area contributed by atoms with Gasteiger partial charge in [0.05, 0.1) is 23.7 Å². The lowest BCUT2D eigenvalue weighted by Gasteiger charge is -2.50. The van der Waals surface area contributed by atoms with E-state index in [2.05, 4.69) is 6.07 Å². The molecule has 0 unspecified atom stereocenters. The summed E-state index contributed by atoms with van der Waals surface area (Å²) in [6, 6.07) is 2.41. The number of nitriles is 1. The van der Waals surface area contributed by atoms with Gasteiger partial charge in [-0.3, -0.25) is 0 Å². The number of aliphatic hydroxyl groups excluding tert-OH is 3. The Kier molecular flexibility index (Phi) is 4.24. The summed E-state index contributed by atoms with van der Waals surface area (Å²) >= 11 is 0. The van der Waals surface area contributed by atoms with E-state index < -0.39 is 17.6 Å². The summed E-state index contributed by atoms with van der Waals surface area (Å²) in [6.07, 6.45) is 1.63. The molecule has 0 spiro atoms. The highest BCUT2D eigenvalue weighted by Gasteiger charge is 2.52. The monoisotopic (exact) mass is 279 g/mol. The van der Waals surface area contributed by atoms with Gasteiger partial charge in [0.1, 0.15) is 0 Å². The van der Waals surface area contributed by atoms with Crippen LogP contribution in [0, 0.1) is 40.4 Å². The maximum atomic E-state index is 10.7. The first-order valence-electron chi connectivity index (χ1n) is 7.46. The quantitative estimate of drug-likeness (QED) is 0.668. The van der Waals surface area contributed by atoms with Gasteiger partial charge in [-0.05, 0) is 42.1 Å². The maximum absolute atomic E-state index is 10.7. The second-order valence-electron chi connectivity index (χ2n) is 6.85. The second kappa shape index (κ2) is 5.48. The molecule has 2 aliphatic rings. The van der Waals surface area contributed by atoms with Crippen LogP contribution in [0.5, 0.6) is 0 Å². The number of aliphatic hydroxyl groups is 3. The fourth-order valence-corrected chi connectivity index (χ4v) is 4.23. The predicted molar refractivity (Wildman–Crippen MR) is 75.4 cm³/mol. The van der Waals surface area contributed by atoms with E-state index in [1.165, 1.54) is 0 Å². The summed E-state index contributed by atoms with van der Waals surface area (Å²) in [5, 5.41) is 39.8. The van der Waals surface area contributed by atoms with E-state index in [4.69, 9.17) is 0 Å². The Bertz CT molecular complexity index is 441. The van der Waals surface area contributed by atoms with Gasteiger partial charge in [-0.25, -0.2) is 0 Å². The minimum absolute atomic E-state index is 0.0194. The minimum Gasteiger partial charge on any atom is -0.396 e. The molecule has 0 aromatic carbocycles. The molecule has 0 aromatic heterocycles. The van der Waals surface area contributed by atoms with Crippen LogP contribution in [0.25, 0.3) is 0 Å². The molecule has 1 saturated carbocycles. The van der Waals surface area contributed by atoms with Crippen molar-refractivity contribution in [2.75, 3.05) is 6.61 Å². The third kappa shape index (κ3) is 2.28. The van der Waals surface area contributed by atoms with Gasteiger partial charge in [0.2, 0.25) is 0 Å². The van der Waals surface area contributed by atoms with Crippen LogP contribution >= 0.6 is 0 Å². The summed E-state index contributed by atoms with van der Waals surface area (Å²) < 4.78 is 0. The SMILES string of the molecule is C[C@H](CO)[C@@H]1[C@@H](C)C[C@]2(C#N)C[C@@H](C)[C@H](O)C=C2[C@@H]1O. The Morgan fingerprint density at radius 1 is 1.35 bits per heavy atom. The van der Waals surface area contributed by atoms with E-state index in [-0.39, 0.29) is 30.3 Å². The largest absolute Gasteiger partial charge is 0.396 e. The summed E-state index contributed by atoms with van der Waals surface area (Å²) in [7, 11) is 0. The van der Waals surface area contributed by atoms with Crippen molar-refractivity contribution < 1.29 is 15.3 Å². The molecular formula is C16H25NO3. The zero-order valence-corrected chi connectivity index (χ0v) is 12.5. The molecule has 2 rings (SSSR count). The molecule has 2 aliphatic carbocycles. The van der Waals surface area contributed by atoms with Crippen LogP contribution in [0.2, 0.25) is 0 Å². The van der Waals surface area contributed by atoms with E-state index in [1.807, 2.05) is 20.8 Å². The molecular weight excluding hydrogens is 254 g/mol. The van der Waals surface area contributed by atoms with Gasteiger partial charge in [0.25, 0.3) is 0 Å². The van der Waals surface area contributed by atoms with Gasteiger partial charge in [0, 0.05) is 6.61 Å². The van der Waals surface area contributed by atoms with E-state index in [1.54, 1.807) is 6.08 Å². The Hall–Kier alpha value is -0.890. The van der Waals surface area contributed by atoms with E-state index in [9.17, 15) is 20.6 Å². The average Bonchev–Trinajstić information content (AvgIpc) is 2.41. The third-order valence-corrected chi connectivity index (χ3v) is 5.33. The molecule has 0 aliphatic heterocycles. The zero-order valence-electron chi connectivity index (χ0n) is 12.5. The van der Waals surface area contributed by atoms with Crippen molar-refractivity contribution in [1.29, 1.82) is 5.26 Å². The van der Waals surface area contributed by atoms with Crippen molar-refractivity contribution in [1.82, 2.24) is 0 Å². The second-order valence-corrected chi connectivity index (χ2v) is 6.85. The highest BCUT2D eigenvalue weighted by Crippen LogP contribution is 2.53. The molecule has 7 atom stereocenters. The lowest BCUT2D eigenvalue weighted by molar-refractivity contribution is -0.0174. The van der Waals surface area contributed by atoms with Crippen LogP contribution in [0.3, 0.4) is 0 Å². The fraction of sp³-hybridized carbons (Fsp3) is 0.812. The number of rotatable bonds is 2. The first-order chi connectivity index (χ1) is 9.36. The molecule has 3 N–H and O–H groups in total. The van der Waals surface area contributed by atoms with Crippen molar-refractivity contribution in [3.05, 3.63) is 11.6 Å². The molecule has 0 radical (unpaired) electrons. The predicted octanol–water partition coefficient (Wildman–Crippen LogP) is 1.47. The average molecular weight is 279 g/mol. The van der Waals surface area contributed by atoms with Gasteiger partial charge in [-0.2, -0.15) is 5.26 Å². The Morgan fingerprint density at radius 2 is 1.95 bits per heavy atom. The van der Waals surface area contributed by atoms with Gasteiger partial charge in [-0.15, -0.1) is 0 Å². The summed E-state index contributed by atoms with van der Waals surface area (Å²) in [5.41, 5.74) is 0.0254. The topological polar surface area (TPSA) is 84.5 Å². The number of nitrogens with zero attached hydrogens (tertiary/aromatic N) is 1. The lowest BCUT2D eigenvalue weighted by atomic mass is 9.55. The van der Waals surface area contributed by atoms with Crippen LogP contribution in [-0.2, 0) is 0 Å². The van der Waals surface area contributed by atoms with Crippen molar-refractivity contribution in [3.63, 3.8) is 0 Å². The Labute approximate surface area is 120 Å². The Morgan fingerprint density at radius 3 is 2.50 bits per heavy atom. The van der Waals surface area contributed by atoms with E-state index in [0.717, 1.165) is 0 Å². The number of hydrogen-bond donors (Lipinski definition) is 3. The molecule has 0 saturated heterocycles. The molecule has 4 nitrogen and oxygen atoms in total. The molecule has 0 heterocycles. The number of fused-ring (bicyclic) bond motifs is 1. The lowest BCUT2D eigenvalue weighted by Crippen LogP contribution is -2.50. The van der Waals surface area contributed by atoms with E-state index >= 15 is 0 Å². The summed E-state index contributed by atoms with van der Waals surface area (Å²) in [5.74, 6) is 0.124. The van der Waals surface area contributed by atoms with Crippen LogP contribution in [0.15, 0.2) is 11.6 Å². The highest BCUT2D eigenvalue weighted by molar-refractivity contribution is 5.34. The Balaban J connectivity index is 2.43. The zero-order chi connectivity index (χ0) is 15.1.